The summed E-state index contributed by atoms with van der Waals surface area (Å²) in [6.45, 7) is 3.59. The molecular formula is C17H20N4O2. The lowest BCUT2D eigenvalue weighted by molar-refractivity contribution is -0.131. The maximum Gasteiger partial charge on any atom is 0.262 e. The molecule has 1 saturated heterocycles. The Morgan fingerprint density at radius 3 is 2.91 bits per heavy atom. The Kier molecular flexibility index (Phi) is 3.25. The molecule has 2 aliphatic heterocycles. The average Bonchev–Trinajstić information content (AvgIpc) is 3.13. The largest absolute Gasteiger partial charge is 0.375 e. The molecule has 1 fully saturated rings. The van der Waals surface area contributed by atoms with Gasteiger partial charge in [0.1, 0.15) is 5.82 Å². The minimum absolute atomic E-state index is 0.426. The number of piperidine rings is 1. The third kappa shape index (κ3) is 2.26. The molecule has 1 amide bonds. The Hall–Kier alpha value is -2.18. The van der Waals surface area contributed by atoms with E-state index in [2.05, 4.69) is 32.6 Å². The van der Waals surface area contributed by atoms with Crippen LogP contribution < -0.4 is 10.6 Å². The molecule has 0 aliphatic carbocycles. The van der Waals surface area contributed by atoms with E-state index in [4.69, 9.17) is 0 Å². The van der Waals surface area contributed by atoms with Crippen molar-refractivity contribution in [1.82, 2.24) is 14.9 Å². The van der Waals surface area contributed by atoms with Crippen molar-refractivity contribution in [2.75, 3.05) is 18.4 Å². The quantitative estimate of drug-likeness (QED) is 0.787. The van der Waals surface area contributed by atoms with Gasteiger partial charge in [-0.1, -0.05) is 0 Å². The van der Waals surface area contributed by atoms with Crippen LogP contribution in [0.15, 0.2) is 30.7 Å². The van der Waals surface area contributed by atoms with Gasteiger partial charge in [0.2, 0.25) is 0 Å². The Morgan fingerprint density at radius 2 is 2.13 bits per heavy atom. The molecule has 2 aromatic rings. The van der Waals surface area contributed by atoms with Gasteiger partial charge in [-0.05, 0) is 56.1 Å². The standard InChI is InChI=1S/C17H20N4O2/c1-17(23)14-13(4-8-19-15(14)20-16(17)22)11-5-9-21(10-11)12-2-6-18-7-3-12/h4-5,8-10,12,18,23H,2-3,6-7H2,1H3,(H,19,20,22). The molecule has 4 rings (SSSR count). The molecule has 1 unspecified atom stereocenters. The molecule has 0 spiro atoms. The first-order valence-electron chi connectivity index (χ1n) is 7.99. The highest BCUT2D eigenvalue weighted by molar-refractivity contribution is 6.05. The number of aromatic nitrogens is 2. The summed E-state index contributed by atoms with van der Waals surface area (Å²) in [7, 11) is 0. The fraction of sp³-hybridized carbons (Fsp3) is 0.412. The second-order valence-electron chi connectivity index (χ2n) is 6.44. The number of hydrogen-bond donors (Lipinski definition) is 3. The van der Waals surface area contributed by atoms with Crippen molar-refractivity contribution in [1.29, 1.82) is 0 Å². The van der Waals surface area contributed by atoms with Crippen molar-refractivity contribution >= 4 is 11.7 Å². The summed E-state index contributed by atoms with van der Waals surface area (Å²) in [5, 5.41) is 16.6. The molecule has 0 bridgehead atoms. The van der Waals surface area contributed by atoms with Crippen LogP contribution in [0.2, 0.25) is 0 Å². The number of carbonyl (C=O) groups excluding carboxylic acids is 1. The van der Waals surface area contributed by atoms with Crippen molar-refractivity contribution in [3.63, 3.8) is 0 Å². The van der Waals surface area contributed by atoms with Crippen molar-refractivity contribution in [3.8, 4) is 11.1 Å². The zero-order valence-corrected chi connectivity index (χ0v) is 13.0. The van der Waals surface area contributed by atoms with E-state index >= 15 is 0 Å². The van der Waals surface area contributed by atoms with E-state index < -0.39 is 11.5 Å². The summed E-state index contributed by atoms with van der Waals surface area (Å²) in [6, 6.07) is 4.40. The smallest absolute Gasteiger partial charge is 0.262 e. The normalized spacial score (nSPS) is 24.5. The number of fused-ring (bicyclic) bond motifs is 1. The SMILES string of the molecule is CC1(O)C(=O)Nc2nccc(-c3ccn(C4CCNCC4)c3)c21. The van der Waals surface area contributed by atoms with Crippen LogP contribution in [0.25, 0.3) is 11.1 Å². The number of nitrogens with one attached hydrogen (secondary N) is 2. The van der Waals surface area contributed by atoms with Gasteiger partial charge in [-0.15, -0.1) is 0 Å². The number of carbonyl (C=O) groups is 1. The topological polar surface area (TPSA) is 79.2 Å². The Bertz CT molecular complexity index is 760. The number of nitrogens with zero attached hydrogens (tertiary/aromatic N) is 2. The van der Waals surface area contributed by atoms with E-state index in [-0.39, 0.29) is 0 Å². The summed E-state index contributed by atoms with van der Waals surface area (Å²) in [6.07, 6.45) is 8.07. The van der Waals surface area contributed by atoms with Crippen LogP contribution >= 0.6 is 0 Å². The molecule has 6 nitrogen and oxygen atoms in total. The monoisotopic (exact) mass is 312 g/mol. The summed E-state index contributed by atoms with van der Waals surface area (Å²) in [5.74, 6) is 0.0253. The summed E-state index contributed by atoms with van der Waals surface area (Å²) in [5.41, 5.74) is 0.869. The van der Waals surface area contributed by atoms with Gasteiger partial charge >= 0.3 is 0 Å². The Labute approximate surface area is 134 Å². The minimum Gasteiger partial charge on any atom is -0.375 e. The van der Waals surface area contributed by atoms with Crippen molar-refractivity contribution in [2.45, 2.75) is 31.4 Å². The van der Waals surface area contributed by atoms with E-state index in [9.17, 15) is 9.90 Å². The number of amides is 1. The molecular weight excluding hydrogens is 292 g/mol. The van der Waals surface area contributed by atoms with Crippen molar-refractivity contribution in [3.05, 3.63) is 36.3 Å². The fourth-order valence-corrected chi connectivity index (χ4v) is 3.54. The van der Waals surface area contributed by atoms with Crippen LogP contribution in [-0.2, 0) is 10.4 Å². The maximum atomic E-state index is 12.0. The molecule has 2 aliphatic rings. The van der Waals surface area contributed by atoms with Gasteiger partial charge < -0.3 is 20.3 Å². The van der Waals surface area contributed by atoms with E-state index in [1.807, 2.05) is 12.1 Å². The molecule has 1 atom stereocenters. The number of aliphatic hydroxyl groups is 1. The zero-order chi connectivity index (χ0) is 16.0. The van der Waals surface area contributed by atoms with Gasteiger partial charge in [0.05, 0.1) is 0 Å². The first kappa shape index (κ1) is 14.4. The molecule has 23 heavy (non-hydrogen) atoms. The highest BCUT2D eigenvalue weighted by Gasteiger charge is 2.43. The van der Waals surface area contributed by atoms with E-state index in [0.29, 0.717) is 17.4 Å². The minimum atomic E-state index is -1.55. The molecule has 0 aromatic carbocycles. The Balaban J connectivity index is 1.74. The van der Waals surface area contributed by atoms with Crippen LogP contribution in [0, 0.1) is 0 Å². The van der Waals surface area contributed by atoms with Crippen LogP contribution in [0.3, 0.4) is 0 Å². The van der Waals surface area contributed by atoms with Crippen LogP contribution in [0.5, 0.6) is 0 Å². The molecule has 0 radical (unpaired) electrons. The number of hydrogen-bond acceptors (Lipinski definition) is 4. The summed E-state index contributed by atoms with van der Waals surface area (Å²) >= 11 is 0. The zero-order valence-electron chi connectivity index (χ0n) is 13.0. The van der Waals surface area contributed by atoms with Crippen LogP contribution in [0.4, 0.5) is 5.82 Å². The molecule has 120 valence electrons. The van der Waals surface area contributed by atoms with Gasteiger partial charge in [0.25, 0.3) is 5.91 Å². The summed E-state index contributed by atoms with van der Waals surface area (Å²) < 4.78 is 2.24. The van der Waals surface area contributed by atoms with Crippen molar-refractivity contribution in [2.24, 2.45) is 0 Å². The Morgan fingerprint density at radius 1 is 1.35 bits per heavy atom. The lowest BCUT2D eigenvalue weighted by atomic mass is 9.92. The highest BCUT2D eigenvalue weighted by atomic mass is 16.3. The van der Waals surface area contributed by atoms with Crippen LogP contribution in [-0.4, -0.2) is 33.7 Å². The molecule has 2 aromatic heterocycles. The highest BCUT2D eigenvalue weighted by Crippen LogP contribution is 2.41. The first-order valence-corrected chi connectivity index (χ1v) is 7.99. The number of anilines is 1. The average molecular weight is 312 g/mol. The van der Waals surface area contributed by atoms with Gasteiger partial charge in [-0.3, -0.25) is 4.79 Å². The van der Waals surface area contributed by atoms with Gasteiger partial charge in [-0.25, -0.2) is 4.98 Å². The van der Waals surface area contributed by atoms with E-state index in [0.717, 1.165) is 37.1 Å². The van der Waals surface area contributed by atoms with E-state index in [1.165, 1.54) is 6.92 Å². The van der Waals surface area contributed by atoms with E-state index in [1.54, 1.807) is 6.20 Å². The van der Waals surface area contributed by atoms with Crippen molar-refractivity contribution < 1.29 is 9.90 Å². The molecule has 3 N–H and O–H groups in total. The lowest BCUT2D eigenvalue weighted by Crippen LogP contribution is -2.30. The third-order valence-electron chi connectivity index (χ3n) is 4.87. The molecule has 6 heteroatoms. The van der Waals surface area contributed by atoms with Gasteiger partial charge in [0.15, 0.2) is 5.60 Å². The number of rotatable bonds is 2. The number of pyridine rings is 1. The molecule has 0 saturated carbocycles. The van der Waals surface area contributed by atoms with Crippen LogP contribution in [0.1, 0.15) is 31.4 Å². The molecule has 4 heterocycles. The second-order valence-corrected chi connectivity index (χ2v) is 6.44. The van der Waals surface area contributed by atoms with Gasteiger partial charge in [-0.2, -0.15) is 0 Å². The lowest BCUT2D eigenvalue weighted by Gasteiger charge is -2.24. The predicted octanol–water partition coefficient (Wildman–Crippen LogP) is 1.63. The first-order chi connectivity index (χ1) is 11.1. The van der Waals surface area contributed by atoms with Gasteiger partial charge in [0, 0.05) is 30.2 Å². The summed E-state index contributed by atoms with van der Waals surface area (Å²) in [4.78, 5) is 16.2. The maximum absolute atomic E-state index is 12.0. The second kappa shape index (κ2) is 5.18. The third-order valence-corrected chi connectivity index (χ3v) is 4.87. The predicted molar refractivity (Wildman–Crippen MR) is 87.0 cm³/mol. The fourth-order valence-electron chi connectivity index (χ4n) is 3.54.